The number of nitrogens with one attached hydrogen (secondary N) is 4. The average Bonchev–Trinajstić information content (AvgIpc) is 3.18. The Morgan fingerprint density at radius 1 is 0.974 bits per heavy atom. The molecule has 2 fully saturated rings. The van der Waals surface area contributed by atoms with Gasteiger partial charge in [0.05, 0.1) is 35.9 Å². The van der Waals surface area contributed by atoms with E-state index in [4.69, 9.17) is 23.2 Å². The summed E-state index contributed by atoms with van der Waals surface area (Å²) >= 11 is 12.6. The molecule has 2 saturated heterocycles. The van der Waals surface area contributed by atoms with Crippen molar-refractivity contribution in [1.82, 2.24) is 26.2 Å². The van der Waals surface area contributed by atoms with Crippen molar-refractivity contribution in [3.8, 4) is 0 Å². The number of amides is 5. The molecular weight excluding hydrogens is 541 g/mol. The summed E-state index contributed by atoms with van der Waals surface area (Å²) in [5, 5.41) is 28.1. The SMILES string of the molecule is C[C@@H]1NC(=O)C[C@H](c2ccccc2)NC(=O)[C@H](CO)NC(=O)[C@H]([C@@H](C)O)NC(=O)[C@@H]2[C@H](Cl)[C@H](Cl)CN2C1=O. The smallest absolute Gasteiger partial charge is 0.245 e. The van der Waals surface area contributed by atoms with E-state index in [0.717, 1.165) is 4.90 Å². The van der Waals surface area contributed by atoms with Gasteiger partial charge in [-0.2, -0.15) is 0 Å². The molecule has 8 atom stereocenters. The Morgan fingerprint density at radius 2 is 1.63 bits per heavy atom. The van der Waals surface area contributed by atoms with Crippen LogP contribution in [0.5, 0.6) is 0 Å². The van der Waals surface area contributed by atoms with Crippen LogP contribution in [0.3, 0.4) is 0 Å². The van der Waals surface area contributed by atoms with Gasteiger partial charge in [0.2, 0.25) is 29.5 Å². The zero-order valence-electron chi connectivity index (χ0n) is 20.8. The molecule has 1 aromatic rings. The lowest BCUT2D eigenvalue weighted by atomic mass is 10.0. The van der Waals surface area contributed by atoms with Gasteiger partial charge in [-0.25, -0.2) is 0 Å². The first-order valence-corrected chi connectivity index (χ1v) is 12.9. The predicted molar refractivity (Wildman–Crippen MR) is 137 cm³/mol. The minimum atomic E-state index is -1.55. The Hall–Kier alpha value is -2.93. The van der Waals surface area contributed by atoms with Crippen molar-refractivity contribution in [3.63, 3.8) is 0 Å². The van der Waals surface area contributed by atoms with E-state index < -0.39 is 83.2 Å². The van der Waals surface area contributed by atoms with E-state index in [9.17, 15) is 34.2 Å². The maximum absolute atomic E-state index is 13.3. The number of benzene rings is 1. The van der Waals surface area contributed by atoms with Gasteiger partial charge in [-0.1, -0.05) is 30.3 Å². The van der Waals surface area contributed by atoms with Gasteiger partial charge in [-0.15, -0.1) is 23.2 Å². The molecule has 14 heteroatoms. The molecule has 208 valence electrons. The van der Waals surface area contributed by atoms with E-state index in [1.807, 2.05) is 0 Å². The van der Waals surface area contributed by atoms with Crippen LogP contribution in [0.25, 0.3) is 0 Å². The molecule has 0 unspecified atom stereocenters. The number of alkyl halides is 2. The normalized spacial score (nSPS) is 32.5. The van der Waals surface area contributed by atoms with Gasteiger partial charge in [0.1, 0.15) is 24.2 Å². The number of hydrogen-bond donors (Lipinski definition) is 6. The fourth-order valence-corrected chi connectivity index (χ4v) is 5.01. The third kappa shape index (κ3) is 6.73. The van der Waals surface area contributed by atoms with Crippen LogP contribution in [0.15, 0.2) is 30.3 Å². The highest BCUT2D eigenvalue weighted by Crippen LogP contribution is 2.29. The molecule has 2 aliphatic heterocycles. The number of halogens is 2. The number of rotatable bonds is 3. The lowest BCUT2D eigenvalue weighted by Gasteiger charge is -2.31. The van der Waals surface area contributed by atoms with Gasteiger partial charge in [0, 0.05) is 6.54 Å². The van der Waals surface area contributed by atoms with E-state index in [-0.39, 0.29) is 13.0 Å². The number of carbonyl (C=O) groups is 5. The number of carbonyl (C=O) groups excluding carboxylic acids is 5. The van der Waals surface area contributed by atoms with Gasteiger partial charge < -0.3 is 36.4 Å². The fraction of sp³-hybridized carbons (Fsp3) is 0.542. The minimum Gasteiger partial charge on any atom is -0.394 e. The van der Waals surface area contributed by atoms with Crippen molar-refractivity contribution in [1.29, 1.82) is 0 Å². The first-order valence-electron chi connectivity index (χ1n) is 12.1. The van der Waals surface area contributed by atoms with Crippen molar-refractivity contribution < 1.29 is 34.2 Å². The summed E-state index contributed by atoms with van der Waals surface area (Å²) in [6.07, 6.45) is -1.68. The van der Waals surface area contributed by atoms with Crippen molar-refractivity contribution in [2.24, 2.45) is 0 Å². The van der Waals surface area contributed by atoms with Gasteiger partial charge in [0.25, 0.3) is 0 Å². The summed E-state index contributed by atoms with van der Waals surface area (Å²) in [5.74, 6) is -3.82. The zero-order valence-corrected chi connectivity index (χ0v) is 22.3. The molecular formula is C24H31Cl2N5O7. The van der Waals surface area contributed by atoms with Crippen LogP contribution in [0, 0.1) is 0 Å². The van der Waals surface area contributed by atoms with Crippen LogP contribution in [-0.4, -0.2) is 98.8 Å². The van der Waals surface area contributed by atoms with Gasteiger partial charge in [0.15, 0.2) is 0 Å². The van der Waals surface area contributed by atoms with E-state index in [0.29, 0.717) is 5.56 Å². The Kier molecular flexibility index (Phi) is 9.94. The number of nitrogens with zero attached hydrogens (tertiary/aromatic N) is 1. The van der Waals surface area contributed by atoms with E-state index in [2.05, 4.69) is 21.3 Å². The van der Waals surface area contributed by atoms with Crippen LogP contribution in [0.4, 0.5) is 0 Å². The second-order valence-electron chi connectivity index (χ2n) is 9.33. The lowest BCUT2D eigenvalue weighted by Crippen LogP contribution is -2.62. The maximum Gasteiger partial charge on any atom is 0.245 e. The largest absolute Gasteiger partial charge is 0.394 e. The van der Waals surface area contributed by atoms with Gasteiger partial charge in [-0.05, 0) is 19.4 Å². The van der Waals surface area contributed by atoms with E-state index in [1.165, 1.54) is 13.8 Å². The van der Waals surface area contributed by atoms with Crippen LogP contribution in [0.1, 0.15) is 31.9 Å². The predicted octanol–water partition coefficient (Wildman–Crippen LogP) is -1.48. The van der Waals surface area contributed by atoms with Crippen LogP contribution in [-0.2, 0) is 24.0 Å². The first kappa shape index (κ1) is 29.6. The molecule has 0 aromatic heterocycles. The number of aliphatic hydroxyl groups is 2. The lowest BCUT2D eigenvalue weighted by molar-refractivity contribution is -0.142. The molecule has 5 amide bonds. The Balaban J connectivity index is 2.00. The minimum absolute atomic E-state index is 0.0896. The Bertz CT molecular complexity index is 1060. The molecule has 2 aliphatic rings. The molecule has 0 bridgehead atoms. The Labute approximate surface area is 229 Å². The molecule has 1 aromatic carbocycles. The standard InChI is InChI=1S/C24H31Cl2N5O7/c1-11-24(38)31-9-14(25)18(26)20(31)23(37)30-19(12(2)33)22(36)29-16(10-32)21(35)28-15(8-17(34)27-11)13-6-4-3-5-7-13/h3-7,11-12,14-16,18-20,32-33H,8-10H2,1-2H3,(H,27,34)(H,28,35)(H,29,36)(H,30,37)/t11-,12+,14+,15+,16-,18+,19-,20-/m0/s1. The monoisotopic (exact) mass is 571 g/mol. The van der Waals surface area contributed by atoms with Gasteiger partial charge in [-0.3, -0.25) is 24.0 Å². The molecule has 0 radical (unpaired) electrons. The third-order valence-electron chi connectivity index (χ3n) is 6.44. The topological polar surface area (TPSA) is 177 Å². The summed E-state index contributed by atoms with van der Waals surface area (Å²) in [5.41, 5.74) is 0.572. The summed E-state index contributed by atoms with van der Waals surface area (Å²) in [6, 6.07) is 2.30. The Morgan fingerprint density at radius 3 is 2.24 bits per heavy atom. The third-order valence-corrected chi connectivity index (χ3v) is 7.52. The molecule has 0 aliphatic carbocycles. The van der Waals surface area contributed by atoms with Crippen molar-refractivity contribution >= 4 is 52.7 Å². The number of aliphatic hydroxyl groups excluding tert-OH is 2. The van der Waals surface area contributed by atoms with Crippen LogP contribution >= 0.6 is 23.2 Å². The van der Waals surface area contributed by atoms with Crippen LogP contribution in [0.2, 0.25) is 0 Å². The van der Waals surface area contributed by atoms with Crippen molar-refractivity contribution in [2.45, 2.75) is 67.3 Å². The van der Waals surface area contributed by atoms with Crippen LogP contribution < -0.4 is 21.3 Å². The number of fused-ring (bicyclic) bond motifs is 1. The van der Waals surface area contributed by atoms with E-state index >= 15 is 0 Å². The fourth-order valence-electron chi connectivity index (χ4n) is 4.39. The molecule has 38 heavy (non-hydrogen) atoms. The molecule has 0 saturated carbocycles. The second kappa shape index (κ2) is 12.7. The molecule has 2 heterocycles. The summed E-state index contributed by atoms with van der Waals surface area (Å²) in [4.78, 5) is 66.5. The molecule has 3 rings (SSSR count). The highest BCUT2D eigenvalue weighted by Gasteiger charge is 2.48. The number of hydrogen-bond acceptors (Lipinski definition) is 7. The summed E-state index contributed by atoms with van der Waals surface area (Å²) < 4.78 is 0. The summed E-state index contributed by atoms with van der Waals surface area (Å²) in [6.45, 7) is 1.80. The molecule has 12 nitrogen and oxygen atoms in total. The second-order valence-corrected chi connectivity index (χ2v) is 10.4. The zero-order chi connectivity index (χ0) is 28.1. The first-order chi connectivity index (χ1) is 17.9. The quantitative estimate of drug-likeness (QED) is 0.239. The maximum atomic E-state index is 13.3. The summed E-state index contributed by atoms with van der Waals surface area (Å²) in [7, 11) is 0. The van der Waals surface area contributed by atoms with E-state index in [1.54, 1.807) is 30.3 Å². The van der Waals surface area contributed by atoms with Crippen molar-refractivity contribution in [3.05, 3.63) is 35.9 Å². The molecule has 0 spiro atoms. The highest BCUT2D eigenvalue weighted by molar-refractivity contribution is 6.32. The molecule has 6 N–H and O–H groups in total. The average molecular weight is 572 g/mol. The highest BCUT2D eigenvalue weighted by atomic mass is 35.5. The van der Waals surface area contributed by atoms with Crippen molar-refractivity contribution in [2.75, 3.05) is 13.2 Å². The van der Waals surface area contributed by atoms with Gasteiger partial charge >= 0.3 is 0 Å².